The average Bonchev–Trinajstić information content (AvgIpc) is 2.86. The SMILES string of the molecule is CNc1cc(-c2cn[nH]c2)sc1C(N)=O.Cl.Cl. The van der Waals surface area contributed by atoms with E-state index in [2.05, 4.69) is 15.5 Å². The number of primary amides is 1. The third-order valence-electron chi connectivity index (χ3n) is 2.01. The zero-order chi connectivity index (χ0) is 10.8. The standard InChI is InChI=1S/C9H10N4OS.2ClH/c1-11-6-2-7(5-3-12-13-4-5)15-8(6)9(10)14;;/h2-4,11H,1H3,(H2,10,14)(H,12,13);2*1H. The predicted molar refractivity (Wildman–Crippen MR) is 74.5 cm³/mol. The molecule has 4 N–H and O–H groups in total. The molecule has 0 saturated heterocycles. The van der Waals surface area contributed by atoms with Crippen molar-refractivity contribution in [3.05, 3.63) is 23.3 Å². The number of aromatic amines is 1. The van der Waals surface area contributed by atoms with Crippen LogP contribution in [0.5, 0.6) is 0 Å². The molecule has 2 heterocycles. The van der Waals surface area contributed by atoms with E-state index in [4.69, 9.17) is 5.73 Å². The van der Waals surface area contributed by atoms with Gasteiger partial charge < -0.3 is 11.1 Å². The van der Waals surface area contributed by atoms with E-state index in [1.807, 2.05) is 6.07 Å². The second kappa shape index (κ2) is 6.48. The van der Waals surface area contributed by atoms with Crippen molar-refractivity contribution in [2.45, 2.75) is 0 Å². The van der Waals surface area contributed by atoms with Crippen LogP contribution in [0.15, 0.2) is 18.5 Å². The highest BCUT2D eigenvalue weighted by molar-refractivity contribution is 7.18. The normalized spacial score (nSPS) is 9.00. The molecule has 0 aliphatic rings. The van der Waals surface area contributed by atoms with Crippen molar-refractivity contribution in [1.82, 2.24) is 10.2 Å². The molecule has 0 unspecified atom stereocenters. The van der Waals surface area contributed by atoms with E-state index in [1.54, 1.807) is 19.4 Å². The number of nitrogens with one attached hydrogen (secondary N) is 2. The molecule has 0 aliphatic carbocycles. The number of H-pyrrole nitrogens is 1. The van der Waals surface area contributed by atoms with Crippen molar-refractivity contribution in [3.63, 3.8) is 0 Å². The van der Waals surface area contributed by atoms with Crippen LogP contribution in [0.4, 0.5) is 5.69 Å². The van der Waals surface area contributed by atoms with Gasteiger partial charge in [-0.1, -0.05) is 0 Å². The minimum atomic E-state index is -0.418. The monoisotopic (exact) mass is 294 g/mol. The van der Waals surface area contributed by atoms with Crippen LogP contribution >= 0.6 is 36.2 Å². The topological polar surface area (TPSA) is 83.8 Å². The molecule has 5 nitrogen and oxygen atoms in total. The summed E-state index contributed by atoms with van der Waals surface area (Å²) in [6, 6.07) is 1.88. The van der Waals surface area contributed by atoms with E-state index in [9.17, 15) is 4.79 Å². The third-order valence-corrected chi connectivity index (χ3v) is 3.21. The van der Waals surface area contributed by atoms with Gasteiger partial charge in [-0.2, -0.15) is 5.10 Å². The maximum Gasteiger partial charge on any atom is 0.260 e. The van der Waals surface area contributed by atoms with E-state index in [1.165, 1.54) is 11.3 Å². The van der Waals surface area contributed by atoms with E-state index in [-0.39, 0.29) is 24.8 Å². The van der Waals surface area contributed by atoms with E-state index >= 15 is 0 Å². The van der Waals surface area contributed by atoms with Gasteiger partial charge in [-0.15, -0.1) is 36.2 Å². The lowest BCUT2D eigenvalue weighted by atomic mass is 10.2. The fourth-order valence-corrected chi connectivity index (χ4v) is 2.29. The number of carbonyl (C=O) groups is 1. The number of halogens is 2. The molecule has 8 heteroatoms. The number of anilines is 1. The quantitative estimate of drug-likeness (QED) is 0.811. The Kier molecular flexibility index (Phi) is 6.01. The van der Waals surface area contributed by atoms with Crippen molar-refractivity contribution >= 4 is 47.7 Å². The maximum absolute atomic E-state index is 11.1. The lowest BCUT2D eigenvalue weighted by Crippen LogP contribution is -2.10. The number of rotatable bonds is 3. The summed E-state index contributed by atoms with van der Waals surface area (Å²) in [4.78, 5) is 12.6. The molecule has 2 aromatic heterocycles. The molecule has 0 atom stereocenters. The van der Waals surface area contributed by atoms with Gasteiger partial charge in [0.25, 0.3) is 5.91 Å². The first kappa shape index (κ1) is 15.8. The highest BCUT2D eigenvalue weighted by Crippen LogP contribution is 2.33. The summed E-state index contributed by atoms with van der Waals surface area (Å²) >= 11 is 1.35. The van der Waals surface area contributed by atoms with Crippen LogP contribution in [0.25, 0.3) is 10.4 Å². The van der Waals surface area contributed by atoms with Gasteiger partial charge >= 0.3 is 0 Å². The van der Waals surface area contributed by atoms with Crippen LogP contribution in [0.1, 0.15) is 9.67 Å². The molecule has 17 heavy (non-hydrogen) atoms. The Morgan fingerprint density at radius 1 is 1.53 bits per heavy atom. The number of nitrogens with zero attached hydrogens (tertiary/aromatic N) is 1. The molecule has 0 radical (unpaired) electrons. The molecular weight excluding hydrogens is 283 g/mol. The van der Waals surface area contributed by atoms with E-state index < -0.39 is 5.91 Å². The lowest BCUT2D eigenvalue weighted by molar-refractivity contribution is 0.100. The zero-order valence-electron chi connectivity index (χ0n) is 8.89. The van der Waals surface area contributed by atoms with Crippen LogP contribution in [0, 0.1) is 0 Å². The molecule has 2 rings (SSSR count). The molecule has 2 aromatic rings. The van der Waals surface area contributed by atoms with E-state index in [0.29, 0.717) is 4.88 Å². The molecular formula is C9H12Cl2N4OS. The van der Waals surface area contributed by atoms with Gasteiger partial charge in [0, 0.05) is 23.7 Å². The van der Waals surface area contributed by atoms with Gasteiger partial charge in [0.15, 0.2) is 0 Å². The highest BCUT2D eigenvalue weighted by atomic mass is 35.5. The molecule has 0 aromatic carbocycles. The third kappa shape index (κ3) is 3.12. The number of hydrogen-bond donors (Lipinski definition) is 3. The maximum atomic E-state index is 11.1. The first-order chi connectivity index (χ1) is 7.22. The summed E-state index contributed by atoms with van der Waals surface area (Å²) in [6.45, 7) is 0. The van der Waals surface area contributed by atoms with Gasteiger partial charge in [0.2, 0.25) is 0 Å². The first-order valence-electron chi connectivity index (χ1n) is 4.33. The molecule has 0 aliphatic heterocycles. The van der Waals surface area contributed by atoms with Crippen LogP contribution < -0.4 is 11.1 Å². The Morgan fingerprint density at radius 3 is 2.65 bits per heavy atom. The molecule has 94 valence electrons. The lowest BCUT2D eigenvalue weighted by Gasteiger charge is -1.95. The number of nitrogens with two attached hydrogens (primary N) is 1. The summed E-state index contributed by atoms with van der Waals surface area (Å²) < 4.78 is 0. The summed E-state index contributed by atoms with van der Waals surface area (Å²) in [7, 11) is 1.76. The van der Waals surface area contributed by atoms with Crippen LogP contribution in [-0.2, 0) is 0 Å². The Morgan fingerprint density at radius 2 is 2.24 bits per heavy atom. The summed E-state index contributed by atoms with van der Waals surface area (Å²) in [6.07, 6.45) is 3.48. The number of thiophene rings is 1. The number of carbonyl (C=O) groups excluding carboxylic acids is 1. The van der Waals surface area contributed by atoms with Crippen molar-refractivity contribution in [2.75, 3.05) is 12.4 Å². The highest BCUT2D eigenvalue weighted by Gasteiger charge is 2.13. The minimum absolute atomic E-state index is 0. The first-order valence-corrected chi connectivity index (χ1v) is 5.14. The Labute approximate surface area is 115 Å². The average molecular weight is 295 g/mol. The molecule has 0 saturated carbocycles. The molecule has 0 fully saturated rings. The van der Waals surface area contributed by atoms with Gasteiger partial charge in [-0.05, 0) is 6.07 Å². The number of amides is 1. The second-order valence-corrected chi connectivity index (χ2v) is 4.01. The number of hydrogen-bond acceptors (Lipinski definition) is 4. The molecule has 0 spiro atoms. The number of aromatic nitrogens is 2. The largest absolute Gasteiger partial charge is 0.387 e. The second-order valence-electron chi connectivity index (χ2n) is 2.95. The minimum Gasteiger partial charge on any atom is -0.387 e. The van der Waals surface area contributed by atoms with Gasteiger partial charge in [-0.25, -0.2) is 0 Å². The summed E-state index contributed by atoms with van der Waals surface area (Å²) in [5.41, 5.74) is 6.97. The van der Waals surface area contributed by atoms with Crippen molar-refractivity contribution in [1.29, 1.82) is 0 Å². The molecule has 0 bridgehead atoms. The van der Waals surface area contributed by atoms with Gasteiger partial charge in [0.1, 0.15) is 4.88 Å². The Balaban J connectivity index is 0.00000128. The van der Waals surface area contributed by atoms with E-state index in [0.717, 1.165) is 16.1 Å². The summed E-state index contributed by atoms with van der Waals surface area (Å²) in [5.74, 6) is -0.418. The van der Waals surface area contributed by atoms with Crippen LogP contribution in [0.3, 0.4) is 0 Å². The Hall–Kier alpha value is -1.24. The van der Waals surface area contributed by atoms with Crippen molar-refractivity contribution in [3.8, 4) is 10.4 Å². The van der Waals surface area contributed by atoms with Crippen molar-refractivity contribution in [2.24, 2.45) is 5.73 Å². The summed E-state index contributed by atoms with van der Waals surface area (Å²) in [5, 5.41) is 9.52. The smallest absolute Gasteiger partial charge is 0.260 e. The Bertz CT molecular complexity index is 483. The predicted octanol–water partition coefficient (Wildman–Crippen LogP) is 2.12. The van der Waals surface area contributed by atoms with Gasteiger partial charge in [-0.3, -0.25) is 9.89 Å². The fourth-order valence-electron chi connectivity index (χ4n) is 1.29. The van der Waals surface area contributed by atoms with Gasteiger partial charge in [0.05, 0.1) is 11.9 Å². The van der Waals surface area contributed by atoms with Crippen LogP contribution in [0.2, 0.25) is 0 Å². The zero-order valence-corrected chi connectivity index (χ0v) is 11.3. The molecule has 1 amide bonds. The van der Waals surface area contributed by atoms with Crippen molar-refractivity contribution < 1.29 is 4.79 Å². The van der Waals surface area contributed by atoms with Crippen LogP contribution in [-0.4, -0.2) is 23.2 Å². The fraction of sp³-hybridized carbons (Fsp3) is 0.111.